The molecule has 0 aromatic carbocycles. The molecule has 0 saturated heterocycles. The molecule has 0 aliphatic heterocycles. The van der Waals surface area contributed by atoms with Gasteiger partial charge in [-0.25, -0.2) is 0 Å². The number of hydrogen-bond donors (Lipinski definition) is 2. The molecule has 0 unspecified atom stereocenters. The fourth-order valence-corrected chi connectivity index (χ4v) is 1.21. The molecular weight excluding hydrogens is 210 g/mol. The Morgan fingerprint density at radius 2 is 2.31 bits per heavy atom. The van der Waals surface area contributed by atoms with Crippen LogP contribution in [0.2, 0.25) is 0 Å². The number of carboxylic acid groups (broad SMARTS) is 1. The summed E-state index contributed by atoms with van der Waals surface area (Å²) in [6.45, 7) is 3.49. The van der Waals surface area contributed by atoms with Crippen molar-refractivity contribution in [3.63, 3.8) is 0 Å². The Bertz CT molecular complexity index is 396. The van der Waals surface area contributed by atoms with Crippen molar-refractivity contribution in [1.82, 2.24) is 15.5 Å². The van der Waals surface area contributed by atoms with E-state index in [-0.39, 0.29) is 0 Å². The van der Waals surface area contributed by atoms with E-state index in [9.17, 15) is 4.79 Å². The molecule has 2 rings (SSSR count). The number of nitrogens with zero attached hydrogens (tertiary/aromatic N) is 2. The molecule has 88 valence electrons. The molecular formula is C10H15N3O3. The highest BCUT2D eigenvalue weighted by atomic mass is 16.5. The second kappa shape index (κ2) is 3.86. The van der Waals surface area contributed by atoms with Crippen LogP contribution in [0, 0.1) is 0 Å². The smallest absolute Gasteiger partial charge is 0.323 e. The maximum atomic E-state index is 10.8. The molecule has 1 aromatic rings. The van der Waals surface area contributed by atoms with Crippen LogP contribution in [-0.2, 0) is 11.3 Å². The lowest BCUT2D eigenvalue weighted by molar-refractivity contribution is -0.143. The molecule has 0 atom stereocenters. The molecule has 16 heavy (non-hydrogen) atoms. The van der Waals surface area contributed by atoms with Crippen molar-refractivity contribution in [3.05, 3.63) is 11.7 Å². The number of hydrogen-bond acceptors (Lipinski definition) is 5. The lowest BCUT2D eigenvalue weighted by Crippen LogP contribution is -2.46. The maximum Gasteiger partial charge on any atom is 0.323 e. The van der Waals surface area contributed by atoms with Gasteiger partial charge in [0, 0.05) is 5.92 Å². The van der Waals surface area contributed by atoms with Gasteiger partial charge in [-0.15, -0.1) is 0 Å². The summed E-state index contributed by atoms with van der Waals surface area (Å²) in [5.41, 5.74) is -0.986. The van der Waals surface area contributed by atoms with E-state index in [1.165, 1.54) is 0 Å². The number of aliphatic carboxylic acids is 1. The minimum atomic E-state index is -0.986. The van der Waals surface area contributed by atoms with Crippen molar-refractivity contribution in [2.75, 3.05) is 0 Å². The molecule has 2 N–H and O–H groups in total. The topological polar surface area (TPSA) is 88.3 Å². The van der Waals surface area contributed by atoms with Crippen molar-refractivity contribution < 1.29 is 14.4 Å². The van der Waals surface area contributed by atoms with Gasteiger partial charge in [-0.2, -0.15) is 4.98 Å². The van der Waals surface area contributed by atoms with E-state index < -0.39 is 11.5 Å². The highest BCUT2D eigenvalue weighted by Crippen LogP contribution is 2.38. The summed E-state index contributed by atoms with van der Waals surface area (Å²) >= 11 is 0. The first-order valence-corrected chi connectivity index (χ1v) is 5.30. The van der Waals surface area contributed by atoms with Crippen molar-refractivity contribution in [1.29, 1.82) is 0 Å². The predicted octanol–water partition coefficient (Wildman–Crippen LogP) is 0.900. The summed E-state index contributed by atoms with van der Waals surface area (Å²) in [4.78, 5) is 15.0. The monoisotopic (exact) mass is 225 g/mol. The molecule has 1 aliphatic carbocycles. The fraction of sp³-hybridized carbons (Fsp3) is 0.700. The number of rotatable bonds is 5. The van der Waals surface area contributed by atoms with Crippen LogP contribution in [0.25, 0.3) is 0 Å². The predicted molar refractivity (Wildman–Crippen MR) is 54.8 cm³/mol. The maximum absolute atomic E-state index is 10.8. The Kier molecular flexibility index (Phi) is 2.67. The zero-order valence-corrected chi connectivity index (χ0v) is 9.36. The largest absolute Gasteiger partial charge is 0.480 e. The van der Waals surface area contributed by atoms with Crippen molar-refractivity contribution in [2.24, 2.45) is 0 Å². The van der Waals surface area contributed by atoms with Gasteiger partial charge < -0.3 is 9.63 Å². The second-order valence-electron chi connectivity index (χ2n) is 4.61. The standard InChI is InChI=1S/C10H15N3O3/c1-10(2,9(14)15)11-5-7-12-8(16-13-7)6-3-4-6/h6,11H,3-5H2,1-2H3,(H,14,15). The van der Waals surface area contributed by atoms with E-state index in [2.05, 4.69) is 15.5 Å². The molecule has 0 radical (unpaired) electrons. The van der Waals surface area contributed by atoms with Gasteiger partial charge in [-0.3, -0.25) is 10.1 Å². The van der Waals surface area contributed by atoms with Gasteiger partial charge in [0.25, 0.3) is 0 Å². The minimum Gasteiger partial charge on any atom is -0.480 e. The first-order valence-electron chi connectivity index (χ1n) is 5.30. The third kappa shape index (κ3) is 2.38. The molecule has 6 heteroatoms. The Labute approximate surface area is 93.0 Å². The first-order chi connectivity index (χ1) is 7.49. The van der Waals surface area contributed by atoms with Gasteiger partial charge >= 0.3 is 5.97 Å². The quantitative estimate of drug-likeness (QED) is 0.774. The van der Waals surface area contributed by atoms with Crippen LogP contribution in [0.15, 0.2) is 4.52 Å². The van der Waals surface area contributed by atoms with E-state index in [4.69, 9.17) is 9.63 Å². The first kappa shape index (κ1) is 11.1. The van der Waals surface area contributed by atoms with E-state index >= 15 is 0 Å². The van der Waals surface area contributed by atoms with Crippen LogP contribution < -0.4 is 5.32 Å². The van der Waals surface area contributed by atoms with Crippen LogP contribution in [0.1, 0.15) is 44.3 Å². The fourth-order valence-electron chi connectivity index (χ4n) is 1.21. The van der Waals surface area contributed by atoms with Crippen LogP contribution in [0.3, 0.4) is 0 Å². The highest BCUT2D eigenvalue weighted by molar-refractivity contribution is 5.77. The van der Waals surface area contributed by atoms with Crippen LogP contribution in [-0.4, -0.2) is 26.8 Å². The van der Waals surface area contributed by atoms with Crippen molar-refractivity contribution in [3.8, 4) is 0 Å². The van der Waals surface area contributed by atoms with Gasteiger partial charge in [0.2, 0.25) is 5.89 Å². The van der Waals surface area contributed by atoms with Gasteiger partial charge in [-0.05, 0) is 26.7 Å². The summed E-state index contributed by atoms with van der Waals surface area (Å²) in [6, 6.07) is 0. The van der Waals surface area contributed by atoms with Crippen molar-refractivity contribution in [2.45, 2.75) is 44.7 Å². The number of carboxylic acids is 1. The summed E-state index contributed by atoms with van der Waals surface area (Å²) in [5.74, 6) is 0.702. The molecule has 6 nitrogen and oxygen atoms in total. The molecule has 1 aliphatic rings. The molecule has 0 spiro atoms. The Morgan fingerprint density at radius 3 is 2.88 bits per heavy atom. The third-order valence-corrected chi connectivity index (χ3v) is 2.63. The minimum absolute atomic E-state index is 0.301. The van der Waals surface area contributed by atoms with Crippen LogP contribution in [0.4, 0.5) is 0 Å². The van der Waals surface area contributed by atoms with Crippen molar-refractivity contribution >= 4 is 5.97 Å². The normalized spacial score (nSPS) is 16.4. The average molecular weight is 225 g/mol. The number of carbonyl (C=O) groups is 1. The Balaban J connectivity index is 1.91. The van der Waals surface area contributed by atoms with E-state index in [1.54, 1.807) is 13.8 Å². The Morgan fingerprint density at radius 1 is 1.62 bits per heavy atom. The second-order valence-corrected chi connectivity index (χ2v) is 4.61. The SMILES string of the molecule is CC(C)(NCc1noc(C2CC2)n1)C(=O)O. The lowest BCUT2D eigenvalue weighted by atomic mass is 10.1. The van der Waals surface area contributed by atoms with Gasteiger partial charge in [0.1, 0.15) is 5.54 Å². The highest BCUT2D eigenvalue weighted by Gasteiger charge is 2.30. The average Bonchev–Trinajstić information content (AvgIpc) is 2.95. The molecule has 1 saturated carbocycles. The van der Waals surface area contributed by atoms with E-state index in [0.717, 1.165) is 12.8 Å². The van der Waals surface area contributed by atoms with E-state index in [1.807, 2.05) is 0 Å². The van der Waals surface area contributed by atoms with Gasteiger partial charge in [-0.1, -0.05) is 5.16 Å². The van der Waals surface area contributed by atoms with Gasteiger partial charge in [0.05, 0.1) is 6.54 Å². The lowest BCUT2D eigenvalue weighted by Gasteiger charge is -2.19. The number of nitrogens with one attached hydrogen (secondary N) is 1. The third-order valence-electron chi connectivity index (χ3n) is 2.63. The molecule has 0 amide bonds. The summed E-state index contributed by atoms with van der Waals surface area (Å²) in [6.07, 6.45) is 2.21. The van der Waals surface area contributed by atoms with E-state index in [0.29, 0.717) is 24.2 Å². The Hall–Kier alpha value is -1.43. The zero-order chi connectivity index (χ0) is 11.8. The molecule has 0 bridgehead atoms. The molecule has 1 aromatic heterocycles. The number of aromatic nitrogens is 2. The summed E-state index contributed by atoms with van der Waals surface area (Å²) in [5, 5.41) is 15.6. The zero-order valence-electron chi connectivity index (χ0n) is 9.36. The molecule has 1 fully saturated rings. The molecule has 1 heterocycles. The summed E-state index contributed by atoms with van der Waals surface area (Å²) in [7, 11) is 0. The van der Waals surface area contributed by atoms with Crippen LogP contribution in [0.5, 0.6) is 0 Å². The van der Waals surface area contributed by atoms with Gasteiger partial charge in [0.15, 0.2) is 5.82 Å². The van der Waals surface area contributed by atoms with Crippen LogP contribution >= 0.6 is 0 Å². The summed E-state index contributed by atoms with van der Waals surface area (Å²) < 4.78 is 5.07.